The Labute approximate surface area is 394 Å². The second kappa shape index (κ2) is 26.8. The molecular formula is C51H45LiN5O9-. The molecule has 6 rings (SSSR count). The van der Waals surface area contributed by atoms with Gasteiger partial charge in [-0.2, -0.15) is 45.9 Å². The molecule has 3 amide bonds. The van der Waals surface area contributed by atoms with E-state index in [1.165, 1.54) is 12.2 Å². The Kier molecular flexibility index (Phi) is 20.7. The first-order valence-electron chi connectivity index (χ1n) is 20.3. The van der Waals surface area contributed by atoms with Crippen molar-refractivity contribution in [3.05, 3.63) is 185 Å². The summed E-state index contributed by atoms with van der Waals surface area (Å²) in [5.41, 5.74) is 7.41. The van der Waals surface area contributed by atoms with Crippen molar-refractivity contribution in [1.82, 2.24) is 0 Å². The van der Waals surface area contributed by atoms with Crippen molar-refractivity contribution < 1.29 is 61.8 Å². The number of anilines is 3. The molecule has 330 valence electrons. The van der Waals surface area contributed by atoms with Gasteiger partial charge >= 0.3 is 31.0 Å². The summed E-state index contributed by atoms with van der Waals surface area (Å²) in [5, 5.41) is 8.25. The van der Waals surface area contributed by atoms with Crippen LogP contribution in [0.1, 0.15) is 46.7 Å². The summed E-state index contributed by atoms with van der Waals surface area (Å²) in [5.74, 6) is -0.472. The third-order valence-corrected chi connectivity index (χ3v) is 9.96. The number of nitrogens with zero attached hydrogens (tertiary/aromatic N) is 2. The van der Waals surface area contributed by atoms with E-state index in [4.69, 9.17) is 19.0 Å². The smallest absolute Gasteiger partial charge is 0.545 e. The fourth-order valence-electron chi connectivity index (χ4n) is 6.40. The van der Waals surface area contributed by atoms with E-state index in [0.29, 0.717) is 41.3 Å². The number of hydrogen-bond donors (Lipinski definition) is 3. The fraction of sp³-hybridized carbons (Fsp3) is 0.176. The number of rotatable bonds is 19. The first-order valence-corrected chi connectivity index (χ1v) is 20.3. The Morgan fingerprint density at radius 1 is 0.545 bits per heavy atom. The maximum Gasteiger partial charge on any atom is 1.00 e. The van der Waals surface area contributed by atoms with Crippen LogP contribution >= 0.6 is 0 Å². The molecule has 0 aliphatic carbocycles. The Bertz CT molecular complexity index is 2440. The predicted octanol–water partition coefficient (Wildman–Crippen LogP) is 6.52. The van der Waals surface area contributed by atoms with Gasteiger partial charge < -0.3 is 24.3 Å². The second-order valence-corrected chi connectivity index (χ2v) is 14.5. The van der Waals surface area contributed by atoms with Gasteiger partial charge in [0.2, 0.25) is 18.1 Å². The topological polar surface area (TPSA) is 191 Å². The molecule has 0 aliphatic rings. The monoisotopic (exact) mass is 878 g/mol. The number of hydrogen-bond acceptors (Lipinski definition) is 11. The van der Waals surface area contributed by atoms with Crippen LogP contribution < -0.4 is 34.8 Å². The van der Waals surface area contributed by atoms with Crippen molar-refractivity contribution in [3.8, 4) is 0 Å². The van der Waals surface area contributed by atoms with Crippen LogP contribution in [-0.2, 0) is 52.7 Å². The number of benzene rings is 6. The quantitative estimate of drug-likeness (QED) is 0.0267. The predicted molar refractivity (Wildman–Crippen MR) is 246 cm³/mol. The molecule has 0 saturated carbocycles. The van der Waals surface area contributed by atoms with E-state index in [1.807, 2.05) is 84.9 Å². The summed E-state index contributed by atoms with van der Waals surface area (Å²) >= 11 is 0. The molecule has 15 heteroatoms. The zero-order valence-corrected chi connectivity index (χ0v) is 36.5. The van der Waals surface area contributed by atoms with E-state index in [-0.39, 0.29) is 38.5 Å². The van der Waals surface area contributed by atoms with Gasteiger partial charge in [-0.25, -0.2) is 19.2 Å². The molecule has 0 aliphatic heterocycles. The number of isocyanates is 2. The molecule has 0 fully saturated rings. The molecule has 0 spiro atoms. The summed E-state index contributed by atoms with van der Waals surface area (Å²) in [6.07, 6.45) is 3.70. The summed E-state index contributed by atoms with van der Waals surface area (Å²) in [6, 6.07) is 47.1. The van der Waals surface area contributed by atoms with Crippen molar-refractivity contribution in [2.75, 3.05) is 35.8 Å². The van der Waals surface area contributed by atoms with Crippen molar-refractivity contribution in [2.45, 2.75) is 38.2 Å². The van der Waals surface area contributed by atoms with Crippen molar-refractivity contribution >= 4 is 65.5 Å². The second-order valence-electron chi connectivity index (χ2n) is 14.5. The molecule has 3 N–H and O–H groups in total. The number of carbonyl (C=O) groups is 3. The standard InChI is InChI=1S/C50H44N5O8.CHO.Li/c1-2-50(32-61-48(59)54-45-24-14-39(15-25-45)28-36-6-4-3-5-7-36,33-62-49(60)55-46-26-16-41(17-27-46)30-38-10-20-43(21-11-38)52-35-57)63-31-47(58)53-44-22-12-40(13-23-44)29-37-8-18-42(19-9-37)51-34-56;1-2;/h4-27H,2,28-33H2,1H3,(H,53,58)(H,54,59)(H,55,60);1H;/q2*-1;+1. The van der Waals surface area contributed by atoms with Crippen LogP contribution in [0.2, 0.25) is 0 Å². The average molecular weight is 879 g/mol. The maximum atomic E-state index is 13.2. The van der Waals surface area contributed by atoms with Crippen LogP contribution in [0.25, 0.3) is 0 Å². The normalized spacial score (nSPS) is 11.0. The summed E-state index contributed by atoms with van der Waals surface area (Å²) < 4.78 is 17.4. The number of carbonyl (C=O) groups excluding carboxylic acids is 6. The molecule has 0 bridgehead atoms. The molecule has 0 saturated heterocycles. The minimum atomic E-state index is -1.39. The average Bonchev–Trinajstić information content (AvgIpc) is 3.33. The molecule has 14 nitrogen and oxygen atoms in total. The Morgan fingerprint density at radius 2 is 0.879 bits per heavy atom. The molecule has 6 aromatic rings. The van der Waals surface area contributed by atoms with Gasteiger partial charge in [0.05, 0.1) is 11.4 Å². The Morgan fingerprint density at radius 3 is 1.23 bits per heavy atom. The molecule has 0 heterocycles. The van der Waals surface area contributed by atoms with E-state index in [0.717, 1.165) is 39.8 Å². The maximum absolute atomic E-state index is 13.2. The van der Waals surface area contributed by atoms with Gasteiger partial charge in [0.25, 0.3) is 0 Å². The first kappa shape index (κ1) is 51.0. The molecule has 1 unspecified atom stereocenters. The molecule has 66 heavy (non-hydrogen) atoms. The van der Waals surface area contributed by atoms with Gasteiger partial charge in [0.1, 0.15) is 25.4 Å². The number of amides is 3. The van der Waals surface area contributed by atoms with Crippen molar-refractivity contribution in [3.63, 3.8) is 0 Å². The van der Waals surface area contributed by atoms with Crippen LogP contribution in [0, 0.1) is 6.07 Å². The molecule has 6 aromatic carbocycles. The minimum absolute atomic E-state index is 0. The van der Waals surface area contributed by atoms with Gasteiger partial charge in [0, 0.05) is 17.1 Å². The molecule has 1 atom stereocenters. The van der Waals surface area contributed by atoms with E-state index in [2.05, 4.69) is 38.8 Å². The third-order valence-electron chi connectivity index (χ3n) is 9.96. The van der Waals surface area contributed by atoms with Gasteiger partial charge in [-0.15, -0.1) is 0 Å². The number of aliphatic imine (C=N–C) groups is 2. The summed E-state index contributed by atoms with van der Waals surface area (Å²) in [6.45, 7) is 3.90. The summed E-state index contributed by atoms with van der Waals surface area (Å²) in [4.78, 5) is 75.3. The molecular weight excluding hydrogens is 834 g/mol. The van der Waals surface area contributed by atoms with Crippen LogP contribution in [0.4, 0.5) is 38.0 Å². The fourth-order valence-corrected chi connectivity index (χ4v) is 6.40. The summed E-state index contributed by atoms with van der Waals surface area (Å²) in [7, 11) is 0. The van der Waals surface area contributed by atoms with Crippen LogP contribution in [-0.4, -0.2) is 62.5 Å². The molecule has 0 radical (unpaired) electrons. The van der Waals surface area contributed by atoms with Gasteiger partial charge in [-0.05, 0) is 114 Å². The Balaban J connectivity index is 0.00000313. The van der Waals surface area contributed by atoms with Gasteiger partial charge in [-0.3, -0.25) is 22.2 Å². The van der Waals surface area contributed by atoms with E-state index in [1.54, 1.807) is 67.6 Å². The van der Waals surface area contributed by atoms with E-state index < -0.39 is 30.3 Å². The van der Waals surface area contributed by atoms with Crippen LogP contribution in [0.5, 0.6) is 0 Å². The van der Waals surface area contributed by atoms with E-state index in [9.17, 15) is 24.0 Å². The van der Waals surface area contributed by atoms with Crippen LogP contribution in [0.3, 0.4) is 0 Å². The first-order chi connectivity index (χ1) is 31.7. The zero-order chi connectivity index (χ0) is 46.3. The minimum Gasteiger partial charge on any atom is -0.545 e. The van der Waals surface area contributed by atoms with E-state index >= 15 is 0 Å². The van der Waals surface area contributed by atoms with Crippen molar-refractivity contribution in [1.29, 1.82) is 0 Å². The molecule has 0 aromatic heterocycles. The largest absolute Gasteiger partial charge is 1.00 e. The zero-order valence-electron chi connectivity index (χ0n) is 36.5. The van der Waals surface area contributed by atoms with Crippen molar-refractivity contribution in [2.24, 2.45) is 9.98 Å². The SMILES string of the molecule is CCC(COC(=O)Nc1ccc(Cc2cc[c-]cc2)cc1)(COC(=O)Nc1ccc(Cc2ccc(N=C=O)cc2)cc1)OCC(=O)Nc1ccc(Cc2ccc(N=C=O)cc2)cc1.[CH-]=O.[Li+]. The number of ether oxygens (including phenoxy) is 3. The third kappa shape index (κ3) is 16.8. The van der Waals surface area contributed by atoms with Gasteiger partial charge in [-0.1, -0.05) is 67.6 Å². The number of nitrogens with one attached hydrogen (secondary N) is 3. The Hall–Kier alpha value is -7.68. The van der Waals surface area contributed by atoms with Gasteiger partial charge in [0.15, 0.2) is 0 Å². The van der Waals surface area contributed by atoms with Crippen LogP contribution in [0.15, 0.2) is 156 Å².